The lowest BCUT2D eigenvalue weighted by Gasteiger charge is -2.07. The molecule has 0 amide bonds. The largest absolute Gasteiger partial charge is 0.288 e. The van der Waals surface area contributed by atoms with Crippen LogP contribution in [0.5, 0.6) is 0 Å². The van der Waals surface area contributed by atoms with Gasteiger partial charge in [0.1, 0.15) is 12.4 Å². The lowest BCUT2D eigenvalue weighted by Crippen LogP contribution is -2.34. The molecule has 2 aromatic rings. The van der Waals surface area contributed by atoms with Gasteiger partial charge in [-0.15, -0.1) is 0 Å². The van der Waals surface area contributed by atoms with E-state index in [9.17, 15) is 0 Å². The Kier molecular flexibility index (Phi) is 20.9. The minimum atomic E-state index is 1.15. The van der Waals surface area contributed by atoms with E-state index in [2.05, 4.69) is 65.7 Å². The third kappa shape index (κ3) is 16.3. The lowest BCUT2D eigenvalue weighted by molar-refractivity contribution is -0.686. The molecule has 39 heavy (non-hydrogen) atoms. The first-order valence-electron chi connectivity index (χ1n) is 17.5. The summed E-state index contributed by atoms with van der Waals surface area (Å²) in [6.07, 6.45) is 38.6. The molecule has 0 atom stereocenters. The predicted molar refractivity (Wildman–Crippen MR) is 172 cm³/mol. The van der Waals surface area contributed by atoms with Crippen molar-refractivity contribution < 1.29 is 4.57 Å². The van der Waals surface area contributed by atoms with Crippen molar-refractivity contribution in [2.75, 3.05) is 0 Å². The van der Waals surface area contributed by atoms with E-state index in [0.29, 0.717) is 0 Å². The fourth-order valence-electron chi connectivity index (χ4n) is 5.99. The van der Waals surface area contributed by atoms with Crippen molar-refractivity contribution in [3.05, 3.63) is 42.7 Å². The van der Waals surface area contributed by atoms with Crippen molar-refractivity contribution in [3.8, 4) is 11.4 Å². The summed E-state index contributed by atoms with van der Waals surface area (Å²) in [4.78, 5) is 0. The van der Waals surface area contributed by atoms with Gasteiger partial charge in [-0.3, -0.25) is 0 Å². The summed E-state index contributed by atoms with van der Waals surface area (Å²) < 4.78 is 5.04. The molecular weight excluding hydrogens is 472 g/mol. The first-order valence-corrected chi connectivity index (χ1v) is 17.5. The van der Waals surface area contributed by atoms with Crippen molar-refractivity contribution in [2.24, 2.45) is 0 Å². The van der Waals surface area contributed by atoms with E-state index in [1.807, 2.05) is 0 Å². The summed E-state index contributed by atoms with van der Waals surface area (Å²) >= 11 is 0. The van der Waals surface area contributed by atoms with Gasteiger partial charge in [-0.05, 0) is 37.8 Å². The number of aryl methyl sites for hydroxylation is 2. The van der Waals surface area contributed by atoms with Gasteiger partial charge < -0.3 is 0 Å². The Labute approximate surface area is 244 Å². The topological polar surface area (TPSA) is 8.81 Å². The average Bonchev–Trinajstić information content (AvgIpc) is 3.37. The zero-order valence-electron chi connectivity index (χ0n) is 26.3. The fourth-order valence-corrected chi connectivity index (χ4v) is 5.99. The van der Waals surface area contributed by atoms with Crippen LogP contribution in [-0.4, -0.2) is 4.57 Å². The van der Waals surface area contributed by atoms with Gasteiger partial charge in [0.2, 0.25) is 0 Å². The quantitative estimate of drug-likeness (QED) is 0.0791. The third-order valence-corrected chi connectivity index (χ3v) is 8.51. The molecule has 0 fully saturated rings. The summed E-state index contributed by atoms with van der Waals surface area (Å²) in [7, 11) is 0. The molecule has 0 aliphatic rings. The lowest BCUT2D eigenvalue weighted by atomic mass is 10.0. The highest BCUT2D eigenvalue weighted by atomic mass is 15.1. The Balaban J connectivity index is 1.60. The Hall–Kier alpha value is -1.57. The standard InChI is InChI=1S/C37H65N2/c1-3-5-7-9-11-13-15-16-17-18-20-22-24-29-33-39-35-34-38(37(39)36-30-26-25-27-31-36)32-28-23-21-19-14-12-10-8-6-4-2/h25-27,30-31,34-35H,3-24,28-29,32-33H2,1-2H3/q+1. The second-order valence-corrected chi connectivity index (χ2v) is 12.2. The van der Waals surface area contributed by atoms with Crippen LogP contribution in [0.4, 0.5) is 0 Å². The number of benzene rings is 1. The third-order valence-electron chi connectivity index (χ3n) is 8.51. The van der Waals surface area contributed by atoms with Gasteiger partial charge in [0, 0.05) is 0 Å². The van der Waals surface area contributed by atoms with Gasteiger partial charge in [0.25, 0.3) is 5.82 Å². The van der Waals surface area contributed by atoms with Gasteiger partial charge in [0.05, 0.1) is 18.7 Å². The van der Waals surface area contributed by atoms with Crippen molar-refractivity contribution in [1.29, 1.82) is 0 Å². The van der Waals surface area contributed by atoms with Crippen molar-refractivity contribution in [1.82, 2.24) is 4.57 Å². The molecule has 1 heterocycles. The zero-order valence-corrected chi connectivity index (χ0v) is 26.3. The highest BCUT2D eigenvalue weighted by Gasteiger charge is 2.18. The zero-order chi connectivity index (χ0) is 27.6. The molecule has 2 rings (SSSR count). The second-order valence-electron chi connectivity index (χ2n) is 12.2. The number of imidazole rings is 1. The summed E-state index contributed by atoms with van der Waals surface area (Å²) in [6.45, 7) is 6.90. The average molecular weight is 538 g/mol. The Morgan fingerprint density at radius 1 is 0.487 bits per heavy atom. The van der Waals surface area contributed by atoms with E-state index in [0.717, 1.165) is 13.1 Å². The maximum absolute atomic E-state index is 2.52. The van der Waals surface area contributed by atoms with Crippen molar-refractivity contribution in [3.63, 3.8) is 0 Å². The Morgan fingerprint density at radius 2 is 0.897 bits per heavy atom. The SMILES string of the molecule is CCCCCCCCCCCCCCCCn1cc[n+](CCCCCCCCCCCC)c1-c1ccccc1. The van der Waals surface area contributed by atoms with Gasteiger partial charge in [0.15, 0.2) is 0 Å². The summed E-state index contributed by atoms with van der Waals surface area (Å²) in [5, 5.41) is 0. The number of rotatable bonds is 27. The van der Waals surface area contributed by atoms with Gasteiger partial charge in [-0.2, -0.15) is 0 Å². The van der Waals surface area contributed by atoms with Crippen LogP contribution in [0.3, 0.4) is 0 Å². The van der Waals surface area contributed by atoms with Gasteiger partial charge in [-0.1, -0.05) is 160 Å². The van der Waals surface area contributed by atoms with Crippen LogP contribution >= 0.6 is 0 Å². The molecule has 1 aromatic heterocycles. The number of aromatic nitrogens is 2. The van der Waals surface area contributed by atoms with E-state index in [-0.39, 0.29) is 0 Å². The number of nitrogens with zero attached hydrogens (tertiary/aromatic N) is 2. The first kappa shape index (κ1) is 33.6. The van der Waals surface area contributed by atoms with Crippen LogP contribution in [0, 0.1) is 0 Å². The Morgan fingerprint density at radius 3 is 1.36 bits per heavy atom. The van der Waals surface area contributed by atoms with Crippen LogP contribution in [0.1, 0.15) is 168 Å². The molecule has 2 nitrogen and oxygen atoms in total. The minimum absolute atomic E-state index is 1.15. The van der Waals surface area contributed by atoms with Crippen LogP contribution in [0.2, 0.25) is 0 Å². The number of hydrogen-bond donors (Lipinski definition) is 0. The second kappa shape index (κ2) is 24.2. The monoisotopic (exact) mass is 538 g/mol. The van der Waals surface area contributed by atoms with Crippen LogP contribution in [0.15, 0.2) is 42.7 Å². The van der Waals surface area contributed by atoms with Crippen LogP contribution < -0.4 is 4.57 Å². The molecule has 0 saturated carbocycles. The molecule has 0 unspecified atom stereocenters. The molecule has 0 aliphatic heterocycles. The summed E-state index contributed by atoms with van der Waals surface area (Å²) in [6, 6.07) is 11.1. The van der Waals surface area contributed by atoms with Crippen molar-refractivity contribution >= 4 is 0 Å². The number of hydrogen-bond acceptors (Lipinski definition) is 0. The van der Waals surface area contributed by atoms with E-state index in [1.54, 1.807) is 0 Å². The minimum Gasteiger partial charge on any atom is -0.230 e. The molecule has 0 N–H and O–H groups in total. The maximum Gasteiger partial charge on any atom is 0.288 e. The highest BCUT2D eigenvalue weighted by Crippen LogP contribution is 2.18. The van der Waals surface area contributed by atoms with E-state index >= 15 is 0 Å². The molecule has 0 bridgehead atoms. The molecule has 0 aliphatic carbocycles. The van der Waals surface area contributed by atoms with E-state index < -0.39 is 0 Å². The van der Waals surface area contributed by atoms with Gasteiger partial charge >= 0.3 is 0 Å². The Bertz CT molecular complexity index is 778. The van der Waals surface area contributed by atoms with E-state index in [1.165, 1.54) is 165 Å². The van der Waals surface area contributed by atoms with Crippen LogP contribution in [-0.2, 0) is 13.1 Å². The molecule has 0 radical (unpaired) electrons. The van der Waals surface area contributed by atoms with Crippen LogP contribution in [0.25, 0.3) is 11.4 Å². The van der Waals surface area contributed by atoms with Gasteiger partial charge in [-0.25, -0.2) is 9.13 Å². The van der Waals surface area contributed by atoms with E-state index in [4.69, 9.17) is 0 Å². The summed E-state index contributed by atoms with van der Waals surface area (Å²) in [5.41, 5.74) is 1.36. The molecule has 1 aromatic carbocycles. The van der Waals surface area contributed by atoms with Crippen molar-refractivity contribution in [2.45, 2.75) is 181 Å². The highest BCUT2D eigenvalue weighted by molar-refractivity contribution is 5.52. The predicted octanol–water partition coefficient (Wildman–Crippen LogP) is 11.8. The normalized spacial score (nSPS) is 11.4. The summed E-state index contributed by atoms with van der Waals surface area (Å²) in [5.74, 6) is 1.40. The fraction of sp³-hybridized carbons (Fsp3) is 0.757. The molecular formula is C37H65N2+. The molecule has 2 heteroatoms. The molecule has 0 saturated heterocycles. The molecule has 222 valence electrons. The first-order chi connectivity index (χ1) is 19.4. The maximum atomic E-state index is 2.52. The smallest absolute Gasteiger partial charge is 0.230 e. The molecule has 0 spiro atoms. The number of unbranched alkanes of at least 4 members (excludes halogenated alkanes) is 22.